The van der Waals surface area contributed by atoms with Gasteiger partial charge in [0, 0.05) is 12.0 Å². The monoisotopic (exact) mass is 194 g/mol. The number of Topliss-reactive ketones (excluding diaryl/α,β-unsaturated/α-hetero) is 1. The first-order valence-electron chi connectivity index (χ1n) is 4.54. The number of hydrogen-bond donors (Lipinski definition) is 2. The van der Waals surface area contributed by atoms with E-state index in [0.29, 0.717) is 23.1 Å². The van der Waals surface area contributed by atoms with Crippen LogP contribution in [0.5, 0.6) is 11.5 Å². The molecule has 1 aromatic rings. The van der Waals surface area contributed by atoms with Gasteiger partial charge in [0.15, 0.2) is 5.78 Å². The molecule has 0 aliphatic rings. The number of carbonyl (C=O) groups excluding carboxylic acids is 1. The Bertz CT molecular complexity index is 381. The summed E-state index contributed by atoms with van der Waals surface area (Å²) in [6.07, 6.45) is 0.346. The van der Waals surface area contributed by atoms with Crippen molar-refractivity contribution in [3.05, 3.63) is 22.8 Å². The zero-order chi connectivity index (χ0) is 10.9. The van der Waals surface area contributed by atoms with Gasteiger partial charge in [-0.2, -0.15) is 0 Å². The van der Waals surface area contributed by atoms with Gasteiger partial charge in [0.2, 0.25) is 0 Å². The molecule has 0 bridgehead atoms. The first-order chi connectivity index (χ1) is 6.49. The second-order valence-electron chi connectivity index (χ2n) is 3.34. The van der Waals surface area contributed by atoms with Crippen LogP contribution in [0.15, 0.2) is 6.07 Å². The number of phenols is 2. The fourth-order valence-electron chi connectivity index (χ4n) is 1.41. The van der Waals surface area contributed by atoms with Gasteiger partial charge in [-0.05, 0) is 25.5 Å². The molecular weight excluding hydrogens is 180 g/mol. The number of aromatic hydroxyl groups is 2. The predicted octanol–water partition coefficient (Wildman–Crippen LogP) is 2.31. The first-order valence-corrected chi connectivity index (χ1v) is 4.54. The molecule has 0 atom stereocenters. The summed E-state index contributed by atoms with van der Waals surface area (Å²) in [6, 6.07) is 1.50. The molecule has 0 spiro atoms. The molecule has 2 N–H and O–H groups in total. The summed E-state index contributed by atoms with van der Waals surface area (Å²) in [5.41, 5.74) is 1.28. The van der Waals surface area contributed by atoms with Gasteiger partial charge in [-0.1, -0.05) is 6.92 Å². The lowest BCUT2D eigenvalue weighted by Gasteiger charge is -2.10. The highest BCUT2D eigenvalue weighted by atomic mass is 16.3. The van der Waals surface area contributed by atoms with E-state index < -0.39 is 0 Å². The summed E-state index contributed by atoms with van der Waals surface area (Å²) in [5, 5.41) is 19.1. The molecule has 0 unspecified atom stereocenters. The van der Waals surface area contributed by atoms with Crippen LogP contribution in [0.3, 0.4) is 0 Å². The number of carbonyl (C=O) groups is 1. The molecular formula is C11H14O3. The standard InChI is InChI=1S/C11H14O3/c1-4-8(12)10-6(2)5-9(13)7(3)11(10)14/h5,13-14H,4H2,1-3H3. The normalized spacial score (nSPS) is 10.2. The van der Waals surface area contributed by atoms with Gasteiger partial charge in [-0.3, -0.25) is 4.79 Å². The maximum atomic E-state index is 11.5. The molecule has 0 aromatic heterocycles. The minimum absolute atomic E-state index is 0.0210. The Hall–Kier alpha value is -1.51. The molecule has 0 saturated heterocycles. The van der Waals surface area contributed by atoms with Crippen LogP contribution < -0.4 is 0 Å². The zero-order valence-corrected chi connectivity index (χ0v) is 8.59. The van der Waals surface area contributed by atoms with E-state index in [9.17, 15) is 15.0 Å². The van der Waals surface area contributed by atoms with Crippen LogP contribution in [0.4, 0.5) is 0 Å². The van der Waals surface area contributed by atoms with Gasteiger partial charge in [0.05, 0.1) is 5.56 Å². The quantitative estimate of drug-likeness (QED) is 0.710. The summed E-state index contributed by atoms with van der Waals surface area (Å²) in [4.78, 5) is 11.5. The Morgan fingerprint density at radius 1 is 1.36 bits per heavy atom. The van der Waals surface area contributed by atoms with E-state index in [4.69, 9.17) is 0 Å². The molecule has 0 fully saturated rings. The topological polar surface area (TPSA) is 57.5 Å². The highest BCUT2D eigenvalue weighted by molar-refractivity contribution is 6.00. The first kappa shape index (κ1) is 10.6. The lowest BCUT2D eigenvalue weighted by atomic mass is 9.98. The second kappa shape index (κ2) is 3.70. The fraction of sp³-hybridized carbons (Fsp3) is 0.364. The van der Waals surface area contributed by atoms with Crippen molar-refractivity contribution in [1.82, 2.24) is 0 Å². The summed E-state index contributed by atoms with van der Waals surface area (Å²) in [5.74, 6) is -0.190. The van der Waals surface area contributed by atoms with E-state index in [-0.39, 0.29) is 17.3 Å². The average Bonchev–Trinajstić information content (AvgIpc) is 2.14. The van der Waals surface area contributed by atoms with Crippen molar-refractivity contribution >= 4 is 5.78 Å². The second-order valence-corrected chi connectivity index (χ2v) is 3.34. The highest BCUT2D eigenvalue weighted by Crippen LogP contribution is 2.33. The third kappa shape index (κ3) is 1.58. The molecule has 0 heterocycles. The molecule has 0 radical (unpaired) electrons. The third-order valence-electron chi connectivity index (χ3n) is 2.32. The lowest BCUT2D eigenvalue weighted by Crippen LogP contribution is -2.01. The van der Waals surface area contributed by atoms with Crippen LogP contribution in [0.2, 0.25) is 0 Å². The minimum Gasteiger partial charge on any atom is -0.508 e. The fourth-order valence-corrected chi connectivity index (χ4v) is 1.41. The smallest absolute Gasteiger partial charge is 0.166 e. The Labute approximate surface area is 83.0 Å². The van der Waals surface area contributed by atoms with E-state index in [1.165, 1.54) is 6.07 Å². The van der Waals surface area contributed by atoms with Crippen LogP contribution in [-0.2, 0) is 0 Å². The summed E-state index contributed by atoms with van der Waals surface area (Å²) in [6.45, 7) is 5.02. The van der Waals surface area contributed by atoms with Gasteiger partial charge < -0.3 is 10.2 Å². The maximum absolute atomic E-state index is 11.5. The molecule has 0 aliphatic heterocycles. The Morgan fingerprint density at radius 3 is 2.43 bits per heavy atom. The number of rotatable bonds is 2. The van der Waals surface area contributed by atoms with E-state index in [2.05, 4.69) is 0 Å². The molecule has 3 nitrogen and oxygen atoms in total. The van der Waals surface area contributed by atoms with Gasteiger partial charge in [0.1, 0.15) is 11.5 Å². The predicted molar refractivity (Wildman–Crippen MR) is 53.9 cm³/mol. The SMILES string of the molecule is CCC(=O)c1c(C)cc(O)c(C)c1O. The summed E-state index contributed by atoms with van der Waals surface area (Å²) < 4.78 is 0. The van der Waals surface area contributed by atoms with Crippen LogP contribution >= 0.6 is 0 Å². The summed E-state index contributed by atoms with van der Waals surface area (Å²) in [7, 11) is 0. The van der Waals surface area contributed by atoms with Crippen molar-refractivity contribution in [2.75, 3.05) is 0 Å². The number of ketones is 1. The highest BCUT2D eigenvalue weighted by Gasteiger charge is 2.16. The Balaban J connectivity index is 3.44. The lowest BCUT2D eigenvalue weighted by molar-refractivity contribution is 0.0985. The van der Waals surface area contributed by atoms with Crippen LogP contribution in [0.1, 0.15) is 34.8 Å². The number of benzene rings is 1. The third-order valence-corrected chi connectivity index (χ3v) is 2.32. The van der Waals surface area contributed by atoms with Gasteiger partial charge in [-0.25, -0.2) is 0 Å². The average molecular weight is 194 g/mol. The molecule has 1 aromatic carbocycles. The van der Waals surface area contributed by atoms with Crippen molar-refractivity contribution in [3.8, 4) is 11.5 Å². The van der Waals surface area contributed by atoms with Crippen molar-refractivity contribution < 1.29 is 15.0 Å². The number of aryl methyl sites for hydroxylation is 1. The van der Waals surface area contributed by atoms with Crippen molar-refractivity contribution in [1.29, 1.82) is 0 Å². The molecule has 3 heteroatoms. The molecule has 76 valence electrons. The maximum Gasteiger partial charge on any atom is 0.166 e. The van der Waals surface area contributed by atoms with Crippen LogP contribution in [0, 0.1) is 13.8 Å². The molecule has 1 rings (SSSR count). The van der Waals surface area contributed by atoms with Crippen LogP contribution in [0.25, 0.3) is 0 Å². The van der Waals surface area contributed by atoms with E-state index >= 15 is 0 Å². The largest absolute Gasteiger partial charge is 0.508 e. The van der Waals surface area contributed by atoms with Gasteiger partial charge in [-0.15, -0.1) is 0 Å². The van der Waals surface area contributed by atoms with E-state index in [1.807, 2.05) is 0 Å². The molecule has 0 saturated carbocycles. The summed E-state index contributed by atoms with van der Waals surface area (Å²) >= 11 is 0. The van der Waals surface area contributed by atoms with Gasteiger partial charge in [0.25, 0.3) is 0 Å². The van der Waals surface area contributed by atoms with E-state index in [1.54, 1.807) is 20.8 Å². The number of phenolic OH excluding ortho intramolecular Hbond substituents is 2. The zero-order valence-electron chi connectivity index (χ0n) is 8.59. The molecule has 0 aliphatic carbocycles. The van der Waals surface area contributed by atoms with E-state index in [0.717, 1.165) is 0 Å². The Kier molecular flexibility index (Phi) is 2.79. The number of hydrogen-bond acceptors (Lipinski definition) is 3. The van der Waals surface area contributed by atoms with Crippen molar-refractivity contribution in [2.45, 2.75) is 27.2 Å². The minimum atomic E-state index is -0.108. The van der Waals surface area contributed by atoms with Gasteiger partial charge >= 0.3 is 0 Å². The molecule has 0 amide bonds. The van der Waals surface area contributed by atoms with Crippen molar-refractivity contribution in [3.63, 3.8) is 0 Å². The van der Waals surface area contributed by atoms with Crippen LogP contribution in [-0.4, -0.2) is 16.0 Å². The Morgan fingerprint density at radius 2 is 1.93 bits per heavy atom. The van der Waals surface area contributed by atoms with Crippen molar-refractivity contribution in [2.24, 2.45) is 0 Å². The molecule has 14 heavy (non-hydrogen) atoms.